The van der Waals surface area contributed by atoms with Gasteiger partial charge in [0.05, 0.1) is 10.4 Å². The SMILES string of the molecule is Cn1c(=O)oc2cc(S(=O)(=O)N3CCOC(=O)C3(C)C)ccc21. The van der Waals surface area contributed by atoms with E-state index in [1.807, 2.05) is 0 Å². The first-order valence-electron chi connectivity index (χ1n) is 6.95. The van der Waals surface area contributed by atoms with Crippen molar-refractivity contribution in [3.63, 3.8) is 0 Å². The van der Waals surface area contributed by atoms with Crippen LogP contribution in [0.1, 0.15) is 13.8 Å². The summed E-state index contributed by atoms with van der Waals surface area (Å²) < 4.78 is 38.1. The van der Waals surface area contributed by atoms with Gasteiger partial charge in [0.1, 0.15) is 12.1 Å². The van der Waals surface area contributed by atoms with E-state index >= 15 is 0 Å². The molecule has 2 heterocycles. The van der Waals surface area contributed by atoms with Gasteiger partial charge in [0, 0.05) is 19.7 Å². The fourth-order valence-corrected chi connectivity index (χ4v) is 4.34. The summed E-state index contributed by atoms with van der Waals surface area (Å²) >= 11 is 0. The molecule has 2 aromatic rings. The van der Waals surface area contributed by atoms with Gasteiger partial charge >= 0.3 is 11.7 Å². The molecule has 0 spiro atoms. The highest BCUT2D eigenvalue weighted by molar-refractivity contribution is 7.89. The lowest BCUT2D eigenvalue weighted by atomic mass is 10.1. The Morgan fingerprint density at radius 1 is 1.22 bits per heavy atom. The van der Waals surface area contributed by atoms with Crippen molar-refractivity contribution < 1.29 is 22.4 Å². The maximum absolute atomic E-state index is 12.9. The Labute approximate surface area is 132 Å². The first kappa shape index (κ1) is 15.8. The van der Waals surface area contributed by atoms with Crippen LogP contribution < -0.4 is 5.76 Å². The standard InChI is InChI=1S/C14H16N2O6S/c1-14(2)12(17)21-7-6-16(14)23(19,20)9-4-5-10-11(8-9)22-13(18)15(10)3/h4-5,8H,6-7H2,1-3H3. The molecule has 1 saturated heterocycles. The van der Waals surface area contributed by atoms with Gasteiger partial charge in [0.15, 0.2) is 5.58 Å². The number of ether oxygens (including phenoxy) is 1. The molecule has 0 bridgehead atoms. The average molecular weight is 340 g/mol. The van der Waals surface area contributed by atoms with E-state index < -0.39 is 27.3 Å². The molecule has 0 radical (unpaired) electrons. The first-order valence-corrected chi connectivity index (χ1v) is 8.39. The van der Waals surface area contributed by atoms with Crippen LogP contribution in [0.3, 0.4) is 0 Å². The van der Waals surface area contributed by atoms with Crippen LogP contribution in [0.5, 0.6) is 0 Å². The van der Waals surface area contributed by atoms with E-state index in [-0.39, 0.29) is 23.6 Å². The van der Waals surface area contributed by atoms with Crippen LogP contribution in [0.4, 0.5) is 0 Å². The Kier molecular flexibility index (Phi) is 3.38. The minimum absolute atomic E-state index is 0.00412. The van der Waals surface area contributed by atoms with Crippen LogP contribution in [-0.4, -0.2) is 41.9 Å². The maximum atomic E-state index is 12.9. The number of sulfonamides is 1. The Morgan fingerprint density at radius 2 is 1.91 bits per heavy atom. The van der Waals surface area contributed by atoms with Crippen molar-refractivity contribution in [2.45, 2.75) is 24.3 Å². The summed E-state index contributed by atoms with van der Waals surface area (Å²) in [7, 11) is -2.40. The highest BCUT2D eigenvalue weighted by Gasteiger charge is 2.46. The van der Waals surface area contributed by atoms with Crippen molar-refractivity contribution in [1.82, 2.24) is 8.87 Å². The summed E-state index contributed by atoms with van der Waals surface area (Å²) in [5.41, 5.74) is -0.633. The molecule has 0 aliphatic carbocycles. The molecule has 1 aromatic carbocycles. The largest absolute Gasteiger partial charge is 0.463 e. The molecule has 8 nitrogen and oxygen atoms in total. The maximum Gasteiger partial charge on any atom is 0.419 e. The van der Waals surface area contributed by atoms with Gasteiger partial charge in [0.2, 0.25) is 10.0 Å². The lowest BCUT2D eigenvalue weighted by Crippen LogP contribution is -2.58. The number of nitrogens with zero attached hydrogens (tertiary/aromatic N) is 2. The average Bonchev–Trinajstić information content (AvgIpc) is 2.76. The summed E-state index contributed by atoms with van der Waals surface area (Å²) in [6.07, 6.45) is 0. The van der Waals surface area contributed by atoms with Gasteiger partial charge < -0.3 is 9.15 Å². The number of esters is 1. The summed E-state index contributed by atoms with van der Waals surface area (Å²) in [4.78, 5) is 23.4. The second-order valence-electron chi connectivity index (χ2n) is 5.83. The number of carbonyl (C=O) groups excluding carboxylic acids is 1. The number of carbonyl (C=O) groups is 1. The molecule has 0 saturated carbocycles. The Bertz CT molecular complexity index is 953. The molecule has 1 aliphatic heterocycles. The highest BCUT2D eigenvalue weighted by Crippen LogP contribution is 2.29. The zero-order valence-electron chi connectivity index (χ0n) is 12.9. The minimum Gasteiger partial charge on any atom is -0.463 e. The Balaban J connectivity index is 2.12. The van der Waals surface area contributed by atoms with Gasteiger partial charge in [-0.05, 0) is 26.0 Å². The van der Waals surface area contributed by atoms with Crippen molar-refractivity contribution in [2.75, 3.05) is 13.2 Å². The molecular formula is C14H16N2O6S. The van der Waals surface area contributed by atoms with Gasteiger partial charge in [0.25, 0.3) is 0 Å². The molecule has 9 heteroatoms. The molecule has 0 N–H and O–H groups in total. The topological polar surface area (TPSA) is 98.8 Å². The second-order valence-corrected chi connectivity index (χ2v) is 7.69. The molecule has 1 aliphatic rings. The predicted octanol–water partition coefficient (Wildman–Crippen LogP) is 0.458. The summed E-state index contributed by atoms with van der Waals surface area (Å²) in [5, 5.41) is 0. The highest BCUT2D eigenvalue weighted by atomic mass is 32.2. The van der Waals surface area contributed by atoms with E-state index in [1.165, 1.54) is 43.7 Å². The molecule has 0 unspecified atom stereocenters. The number of morpholine rings is 1. The quantitative estimate of drug-likeness (QED) is 0.737. The lowest BCUT2D eigenvalue weighted by molar-refractivity contribution is -0.160. The van der Waals surface area contributed by atoms with E-state index in [0.717, 1.165) is 4.31 Å². The third-order valence-corrected chi connectivity index (χ3v) is 6.07. The lowest BCUT2D eigenvalue weighted by Gasteiger charge is -2.38. The van der Waals surface area contributed by atoms with Crippen LogP contribution in [-0.2, 0) is 26.6 Å². The first-order chi connectivity index (χ1) is 10.7. The smallest absolute Gasteiger partial charge is 0.419 e. The third-order valence-electron chi connectivity index (χ3n) is 4.00. The summed E-state index contributed by atoms with van der Waals surface area (Å²) in [6, 6.07) is 4.19. The van der Waals surface area contributed by atoms with E-state index in [9.17, 15) is 18.0 Å². The number of aryl methyl sites for hydroxylation is 1. The number of rotatable bonds is 2. The Hall–Kier alpha value is -2.13. The molecule has 124 valence electrons. The fraction of sp³-hybridized carbons (Fsp3) is 0.429. The molecule has 0 amide bonds. The van der Waals surface area contributed by atoms with E-state index in [1.54, 1.807) is 0 Å². The van der Waals surface area contributed by atoms with Gasteiger partial charge in [-0.1, -0.05) is 0 Å². The Morgan fingerprint density at radius 3 is 2.61 bits per heavy atom. The number of aromatic nitrogens is 1. The second kappa shape index (κ2) is 4.93. The van der Waals surface area contributed by atoms with Gasteiger partial charge in [-0.2, -0.15) is 4.31 Å². The van der Waals surface area contributed by atoms with Crippen molar-refractivity contribution in [3.8, 4) is 0 Å². The van der Waals surface area contributed by atoms with E-state index in [4.69, 9.17) is 9.15 Å². The molecule has 1 aromatic heterocycles. The van der Waals surface area contributed by atoms with Crippen LogP contribution in [0.2, 0.25) is 0 Å². The molecule has 0 atom stereocenters. The van der Waals surface area contributed by atoms with Crippen LogP contribution in [0, 0.1) is 0 Å². The number of cyclic esters (lactones) is 1. The number of fused-ring (bicyclic) bond motifs is 1. The third kappa shape index (κ3) is 2.27. The van der Waals surface area contributed by atoms with E-state index in [0.29, 0.717) is 5.52 Å². The zero-order valence-corrected chi connectivity index (χ0v) is 13.7. The van der Waals surface area contributed by atoms with Crippen molar-refractivity contribution in [3.05, 3.63) is 28.7 Å². The predicted molar refractivity (Wildman–Crippen MR) is 80.4 cm³/mol. The van der Waals surface area contributed by atoms with Gasteiger partial charge in [-0.15, -0.1) is 0 Å². The number of oxazole rings is 1. The molecular weight excluding hydrogens is 324 g/mol. The number of hydrogen-bond donors (Lipinski definition) is 0. The molecule has 1 fully saturated rings. The normalized spacial score (nSPS) is 19.0. The number of hydrogen-bond acceptors (Lipinski definition) is 6. The number of benzene rings is 1. The monoisotopic (exact) mass is 340 g/mol. The molecule has 3 rings (SSSR count). The van der Waals surface area contributed by atoms with Crippen molar-refractivity contribution in [2.24, 2.45) is 7.05 Å². The van der Waals surface area contributed by atoms with Crippen LogP contribution in [0.15, 0.2) is 32.3 Å². The fourth-order valence-electron chi connectivity index (χ4n) is 2.60. The summed E-state index contributed by atoms with van der Waals surface area (Å²) in [6.45, 7) is 3.06. The minimum atomic E-state index is -3.94. The van der Waals surface area contributed by atoms with Crippen LogP contribution >= 0.6 is 0 Å². The van der Waals surface area contributed by atoms with E-state index in [2.05, 4.69) is 0 Å². The van der Waals surface area contributed by atoms with Crippen LogP contribution in [0.25, 0.3) is 11.1 Å². The summed E-state index contributed by atoms with van der Waals surface area (Å²) in [5.74, 6) is -1.17. The van der Waals surface area contributed by atoms with Crippen molar-refractivity contribution >= 4 is 27.1 Å². The van der Waals surface area contributed by atoms with Gasteiger partial charge in [-0.3, -0.25) is 9.36 Å². The zero-order chi connectivity index (χ0) is 17.0. The molecule has 23 heavy (non-hydrogen) atoms. The van der Waals surface area contributed by atoms with Crippen molar-refractivity contribution in [1.29, 1.82) is 0 Å². The van der Waals surface area contributed by atoms with Gasteiger partial charge in [-0.25, -0.2) is 13.2 Å².